The van der Waals surface area contributed by atoms with E-state index in [-0.39, 0.29) is 0 Å². The molecule has 0 bridgehead atoms. The van der Waals surface area contributed by atoms with Crippen LogP contribution in [0.1, 0.15) is 45.4 Å². The van der Waals surface area contributed by atoms with Crippen LogP contribution in [0.4, 0.5) is 0 Å². The van der Waals surface area contributed by atoms with Gasteiger partial charge in [-0.15, -0.1) is 0 Å². The molecule has 0 radical (unpaired) electrons. The molecule has 0 spiro atoms. The van der Waals surface area contributed by atoms with Crippen molar-refractivity contribution in [1.29, 1.82) is 0 Å². The van der Waals surface area contributed by atoms with E-state index in [4.69, 9.17) is 5.11 Å². The first kappa shape index (κ1) is 15.4. The minimum atomic E-state index is -3.59. The summed E-state index contributed by atoms with van der Waals surface area (Å²) >= 11 is 0. The maximum absolute atomic E-state index is 11.7. The molecule has 1 fully saturated rings. The van der Waals surface area contributed by atoms with Crippen molar-refractivity contribution in [2.24, 2.45) is 5.92 Å². The summed E-state index contributed by atoms with van der Waals surface area (Å²) in [4.78, 5) is 11.2. The molecule has 106 valence electrons. The number of carboxylic acids is 1. The maximum atomic E-state index is 11.7. The molecule has 1 saturated carbocycles. The first-order valence-corrected chi connectivity index (χ1v) is 7.94. The Kier molecular flexibility index (Phi) is 6.04. The van der Waals surface area contributed by atoms with Crippen LogP contribution in [0.25, 0.3) is 0 Å². The third-order valence-corrected chi connectivity index (χ3v) is 4.38. The molecule has 0 aromatic carbocycles. The van der Waals surface area contributed by atoms with Gasteiger partial charge in [0.05, 0.1) is 5.92 Å². The lowest BCUT2D eigenvalue weighted by Crippen LogP contribution is -2.47. The van der Waals surface area contributed by atoms with E-state index < -0.39 is 28.1 Å². The van der Waals surface area contributed by atoms with Gasteiger partial charge in [-0.25, -0.2) is 4.72 Å². The molecule has 6 nitrogen and oxygen atoms in total. The van der Waals surface area contributed by atoms with E-state index in [9.17, 15) is 13.2 Å². The molecule has 1 aliphatic rings. The quantitative estimate of drug-likeness (QED) is 0.628. The van der Waals surface area contributed by atoms with Gasteiger partial charge in [0.25, 0.3) is 10.2 Å². The fourth-order valence-corrected chi connectivity index (χ4v) is 3.46. The highest BCUT2D eigenvalue weighted by molar-refractivity contribution is 7.87. The third-order valence-electron chi connectivity index (χ3n) is 3.18. The Bertz CT molecular complexity index is 369. The molecule has 0 heterocycles. The number of hydrogen-bond acceptors (Lipinski definition) is 3. The lowest BCUT2D eigenvalue weighted by molar-refractivity contribution is -0.142. The van der Waals surface area contributed by atoms with Crippen molar-refractivity contribution in [2.45, 2.75) is 51.5 Å². The molecule has 0 saturated heterocycles. The van der Waals surface area contributed by atoms with Crippen LogP contribution in [0, 0.1) is 5.92 Å². The summed E-state index contributed by atoms with van der Waals surface area (Å²) in [6.45, 7) is 2.23. The molecule has 7 heteroatoms. The van der Waals surface area contributed by atoms with Gasteiger partial charge in [0.2, 0.25) is 0 Å². The van der Waals surface area contributed by atoms with E-state index in [0.717, 1.165) is 19.3 Å². The molecular weight excluding hydrogens is 256 g/mol. The number of carboxylic acid groups (broad SMARTS) is 1. The summed E-state index contributed by atoms with van der Waals surface area (Å²) in [6, 6.07) is -0.501. The van der Waals surface area contributed by atoms with Crippen molar-refractivity contribution in [1.82, 2.24) is 9.44 Å². The van der Waals surface area contributed by atoms with Gasteiger partial charge in [-0.2, -0.15) is 13.1 Å². The van der Waals surface area contributed by atoms with Crippen LogP contribution in [-0.2, 0) is 15.0 Å². The fraction of sp³-hybridized carbons (Fsp3) is 0.909. The third kappa shape index (κ3) is 4.91. The minimum Gasteiger partial charge on any atom is -0.481 e. The minimum absolute atomic E-state index is 0.361. The van der Waals surface area contributed by atoms with Crippen LogP contribution in [0.5, 0.6) is 0 Å². The van der Waals surface area contributed by atoms with Crippen molar-refractivity contribution < 1.29 is 18.3 Å². The topological polar surface area (TPSA) is 95.5 Å². The van der Waals surface area contributed by atoms with Gasteiger partial charge in [-0.1, -0.05) is 26.2 Å². The van der Waals surface area contributed by atoms with E-state index in [0.29, 0.717) is 25.8 Å². The van der Waals surface area contributed by atoms with Gasteiger partial charge < -0.3 is 5.11 Å². The van der Waals surface area contributed by atoms with Crippen LogP contribution in [0.3, 0.4) is 0 Å². The monoisotopic (exact) mass is 278 g/mol. The molecule has 1 rings (SSSR count). The molecule has 2 unspecified atom stereocenters. The number of hydrogen-bond donors (Lipinski definition) is 3. The Morgan fingerprint density at radius 3 is 2.56 bits per heavy atom. The van der Waals surface area contributed by atoms with Crippen LogP contribution in [0.15, 0.2) is 0 Å². The van der Waals surface area contributed by atoms with Crippen LogP contribution >= 0.6 is 0 Å². The second-order valence-electron chi connectivity index (χ2n) is 4.70. The molecule has 1 aliphatic carbocycles. The zero-order valence-corrected chi connectivity index (χ0v) is 11.5. The molecule has 0 aromatic heterocycles. The van der Waals surface area contributed by atoms with E-state index in [1.165, 1.54) is 0 Å². The van der Waals surface area contributed by atoms with Gasteiger partial charge in [0, 0.05) is 12.6 Å². The number of aliphatic carboxylic acids is 1. The Hall–Kier alpha value is -0.660. The van der Waals surface area contributed by atoms with E-state index in [2.05, 4.69) is 9.44 Å². The highest BCUT2D eigenvalue weighted by Gasteiger charge is 2.32. The van der Waals surface area contributed by atoms with E-state index >= 15 is 0 Å². The van der Waals surface area contributed by atoms with Gasteiger partial charge in [-0.3, -0.25) is 4.79 Å². The van der Waals surface area contributed by atoms with Crippen molar-refractivity contribution in [2.75, 3.05) is 6.54 Å². The highest BCUT2D eigenvalue weighted by atomic mass is 32.2. The zero-order valence-electron chi connectivity index (χ0n) is 10.7. The van der Waals surface area contributed by atoms with Crippen LogP contribution in [0.2, 0.25) is 0 Å². The Balaban J connectivity index is 2.68. The maximum Gasteiger partial charge on any atom is 0.308 e. The number of rotatable bonds is 6. The number of carbonyl (C=O) groups is 1. The summed E-state index contributed by atoms with van der Waals surface area (Å²) in [6.07, 6.45) is 4.50. The van der Waals surface area contributed by atoms with Gasteiger partial charge >= 0.3 is 5.97 Å². The van der Waals surface area contributed by atoms with E-state index in [1.807, 2.05) is 6.92 Å². The molecule has 0 aliphatic heterocycles. The zero-order chi connectivity index (χ0) is 13.6. The largest absolute Gasteiger partial charge is 0.481 e. The lowest BCUT2D eigenvalue weighted by Gasteiger charge is -2.22. The summed E-state index contributed by atoms with van der Waals surface area (Å²) < 4.78 is 28.3. The van der Waals surface area contributed by atoms with Crippen molar-refractivity contribution in [3.8, 4) is 0 Å². The summed E-state index contributed by atoms with van der Waals surface area (Å²) in [5, 5.41) is 9.15. The van der Waals surface area contributed by atoms with Gasteiger partial charge in [-0.05, 0) is 19.3 Å². The fourth-order valence-electron chi connectivity index (χ4n) is 2.22. The molecule has 0 amide bonds. The second kappa shape index (κ2) is 7.06. The highest BCUT2D eigenvalue weighted by Crippen LogP contribution is 2.24. The molecule has 3 N–H and O–H groups in total. The van der Waals surface area contributed by atoms with Crippen LogP contribution < -0.4 is 9.44 Å². The standard InChI is InChI=1S/C11H22N2O4S/c1-2-8-12-18(16,17)13-10-7-5-3-4-6-9(10)11(14)15/h9-10,12-13H,2-8H2,1H3,(H,14,15). The molecule has 2 atom stereocenters. The molecular formula is C11H22N2O4S. The van der Waals surface area contributed by atoms with E-state index in [1.54, 1.807) is 0 Å². The van der Waals surface area contributed by atoms with Gasteiger partial charge in [0.15, 0.2) is 0 Å². The molecule has 18 heavy (non-hydrogen) atoms. The Morgan fingerprint density at radius 1 is 1.28 bits per heavy atom. The predicted molar refractivity (Wildman–Crippen MR) is 68.3 cm³/mol. The van der Waals surface area contributed by atoms with Gasteiger partial charge in [0.1, 0.15) is 0 Å². The lowest BCUT2D eigenvalue weighted by atomic mass is 9.96. The van der Waals surface area contributed by atoms with Crippen LogP contribution in [-0.4, -0.2) is 32.1 Å². The second-order valence-corrected chi connectivity index (χ2v) is 6.24. The Labute approximate surface area is 108 Å². The first-order chi connectivity index (χ1) is 8.46. The summed E-state index contributed by atoms with van der Waals surface area (Å²) in [5.74, 6) is -1.54. The average molecular weight is 278 g/mol. The smallest absolute Gasteiger partial charge is 0.308 e. The normalized spacial score (nSPS) is 25.6. The summed E-state index contributed by atoms with van der Waals surface area (Å²) in [7, 11) is -3.59. The Morgan fingerprint density at radius 2 is 1.94 bits per heavy atom. The predicted octanol–water partition coefficient (Wildman–Crippen LogP) is 0.854. The average Bonchev–Trinajstić information content (AvgIpc) is 2.51. The van der Waals surface area contributed by atoms with Crippen molar-refractivity contribution in [3.05, 3.63) is 0 Å². The first-order valence-electron chi connectivity index (χ1n) is 6.46. The summed E-state index contributed by atoms with van der Waals surface area (Å²) in [5.41, 5.74) is 0. The molecule has 0 aromatic rings. The number of nitrogens with one attached hydrogen (secondary N) is 2. The SMILES string of the molecule is CCCNS(=O)(=O)NC1CCCCCC1C(=O)O. The van der Waals surface area contributed by atoms with Crippen molar-refractivity contribution >= 4 is 16.2 Å². The van der Waals surface area contributed by atoms with Crippen molar-refractivity contribution in [3.63, 3.8) is 0 Å².